The zero-order valence-electron chi connectivity index (χ0n) is 9.81. The molecule has 17 heavy (non-hydrogen) atoms. The van der Waals surface area contributed by atoms with Crippen LogP contribution in [0.4, 0.5) is 0 Å². The van der Waals surface area contributed by atoms with Crippen LogP contribution < -0.4 is 11.1 Å². The monoisotopic (exact) mass is 239 g/mol. The molecule has 0 fully saturated rings. The van der Waals surface area contributed by atoms with Crippen LogP contribution in [0.2, 0.25) is 0 Å². The average Bonchev–Trinajstić information content (AvgIpc) is 2.60. The molecule has 0 aliphatic carbocycles. The second-order valence-electron chi connectivity index (χ2n) is 3.85. The molecule has 94 valence electrons. The Labute approximate surface area is 99.8 Å². The van der Waals surface area contributed by atoms with Crippen molar-refractivity contribution >= 4 is 17.7 Å². The Bertz CT molecular complexity index is 334. The standard InChI is InChI=1S/C11H17N3O3/c1-2-3-8(12)11(17)13-6-7-14-9(15)4-5-10(14)16/h4-5,8H,2-3,6-7,12H2,1H3,(H,13,17)/t8-/m0/s1. The number of hydrogen-bond donors (Lipinski definition) is 2. The number of nitrogens with two attached hydrogens (primary N) is 1. The molecule has 1 aliphatic rings. The van der Waals surface area contributed by atoms with Crippen LogP contribution in [-0.2, 0) is 14.4 Å². The lowest BCUT2D eigenvalue weighted by Gasteiger charge is -2.15. The van der Waals surface area contributed by atoms with Gasteiger partial charge in [-0.3, -0.25) is 19.3 Å². The van der Waals surface area contributed by atoms with Crippen molar-refractivity contribution in [2.45, 2.75) is 25.8 Å². The van der Waals surface area contributed by atoms with Gasteiger partial charge in [-0.05, 0) is 6.42 Å². The summed E-state index contributed by atoms with van der Waals surface area (Å²) in [6, 6.07) is -0.525. The highest BCUT2D eigenvalue weighted by Gasteiger charge is 2.22. The fourth-order valence-corrected chi connectivity index (χ4v) is 1.52. The minimum absolute atomic E-state index is 0.176. The number of carbonyl (C=O) groups excluding carboxylic acids is 3. The van der Waals surface area contributed by atoms with E-state index in [2.05, 4.69) is 5.32 Å². The van der Waals surface area contributed by atoms with Gasteiger partial charge in [-0.15, -0.1) is 0 Å². The van der Waals surface area contributed by atoms with E-state index in [4.69, 9.17) is 5.73 Å². The highest BCUT2D eigenvalue weighted by atomic mass is 16.2. The first kappa shape index (κ1) is 13.4. The molecule has 0 aromatic rings. The highest BCUT2D eigenvalue weighted by molar-refractivity contribution is 6.12. The molecular weight excluding hydrogens is 222 g/mol. The Hall–Kier alpha value is -1.69. The molecular formula is C11H17N3O3. The number of carbonyl (C=O) groups is 3. The van der Waals surface area contributed by atoms with Gasteiger partial charge in [-0.25, -0.2) is 0 Å². The number of amides is 3. The molecule has 0 saturated heterocycles. The second-order valence-corrected chi connectivity index (χ2v) is 3.85. The maximum atomic E-state index is 11.4. The molecule has 1 heterocycles. The molecule has 0 unspecified atom stereocenters. The molecule has 3 amide bonds. The Morgan fingerprint density at radius 3 is 2.53 bits per heavy atom. The summed E-state index contributed by atoms with van der Waals surface area (Å²) in [6.45, 7) is 2.35. The third-order valence-corrected chi connectivity index (χ3v) is 2.47. The van der Waals surface area contributed by atoms with Crippen LogP contribution in [0.5, 0.6) is 0 Å². The van der Waals surface area contributed by atoms with Crippen molar-refractivity contribution in [1.29, 1.82) is 0 Å². The van der Waals surface area contributed by atoms with Crippen LogP contribution in [0.3, 0.4) is 0 Å². The molecule has 1 rings (SSSR count). The summed E-state index contributed by atoms with van der Waals surface area (Å²) in [7, 11) is 0. The van der Waals surface area contributed by atoms with Crippen molar-refractivity contribution in [3.63, 3.8) is 0 Å². The molecule has 6 nitrogen and oxygen atoms in total. The number of rotatable bonds is 6. The first-order valence-corrected chi connectivity index (χ1v) is 5.63. The summed E-state index contributed by atoms with van der Waals surface area (Å²) in [6.07, 6.45) is 3.89. The van der Waals surface area contributed by atoms with Gasteiger partial charge in [0.2, 0.25) is 5.91 Å². The Morgan fingerprint density at radius 2 is 2.00 bits per heavy atom. The first-order chi connectivity index (χ1) is 8.06. The maximum absolute atomic E-state index is 11.4. The Kier molecular flexibility index (Phi) is 4.84. The van der Waals surface area contributed by atoms with Crippen molar-refractivity contribution in [3.8, 4) is 0 Å². The lowest BCUT2D eigenvalue weighted by atomic mass is 10.2. The van der Waals surface area contributed by atoms with Gasteiger partial charge < -0.3 is 11.1 Å². The van der Waals surface area contributed by atoms with Crippen LogP contribution in [-0.4, -0.2) is 41.8 Å². The van der Waals surface area contributed by atoms with E-state index in [9.17, 15) is 14.4 Å². The van der Waals surface area contributed by atoms with Gasteiger partial charge in [-0.1, -0.05) is 13.3 Å². The van der Waals surface area contributed by atoms with Gasteiger partial charge in [-0.2, -0.15) is 0 Å². The number of nitrogens with one attached hydrogen (secondary N) is 1. The van der Waals surface area contributed by atoms with E-state index in [1.807, 2.05) is 6.92 Å². The molecule has 0 bridgehead atoms. The smallest absolute Gasteiger partial charge is 0.253 e. The van der Waals surface area contributed by atoms with E-state index in [-0.39, 0.29) is 30.8 Å². The largest absolute Gasteiger partial charge is 0.353 e. The normalized spacial score (nSPS) is 16.5. The number of imide groups is 1. The minimum Gasteiger partial charge on any atom is -0.353 e. The lowest BCUT2D eigenvalue weighted by Crippen LogP contribution is -2.44. The van der Waals surface area contributed by atoms with Gasteiger partial charge in [0, 0.05) is 25.2 Å². The minimum atomic E-state index is -0.525. The van der Waals surface area contributed by atoms with Crippen LogP contribution in [0.25, 0.3) is 0 Å². The van der Waals surface area contributed by atoms with Gasteiger partial charge in [0.25, 0.3) is 11.8 Å². The molecule has 0 saturated carbocycles. The maximum Gasteiger partial charge on any atom is 0.253 e. The van der Waals surface area contributed by atoms with Gasteiger partial charge in [0.15, 0.2) is 0 Å². The first-order valence-electron chi connectivity index (χ1n) is 5.63. The SMILES string of the molecule is CCC[C@H](N)C(=O)NCCN1C(=O)C=CC1=O. The molecule has 0 aromatic carbocycles. The summed E-state index contributed by atoms with van der Waals surface area (Å²) in [5.41, 5.74) is 5.60. The summed E-state index contributed by atoms with van der Waals surface area (Å²) >= 11 is 0. The summed E-state index contributed by atoms with van der Waals surface area (Å²) in [5.74, 6) is -0.942. The van der Waals surface area contributed by atoms with E-state index in [1.54, 1.807) is 0 Å². The Balaban J connectivity index is 2.26. The molecule has 1 aliphatic heterocycles. The summed E-state index contributed by atoms with van der Waals surface area (Å²) in [5, 5.41) is 2.60. The summed E-state index contributed by atoms with van der Waals surface area (Å²) < 4.78 is 0. The predicted octanol–water partition coefficient (Wildman–Crippen LogP) is -0.845. The van der Waals surface area contributed by atoms with Gasteiger partial charge >= 0.3 is 0 Å². The Morgan fingerprint density at radius 1 is 1.41 bits per heavy atom. The zero-order chi connectivity index (χ0) is 12.8. The quantitative estimate of drug-likeness (QED) is 0.591. The van der Waals surface area contributed by atoms with Crippen molar-refractivity contribution in [2.75, 3.05) is 13.1 Å². The predicted molar refractivity (Wildman–Crippen MR) is 61.8 cm³/mol. The second kappa shape index (κ2) is 6.15. The third-order valence-electron chi connectivity index (χ3n) is 2.47. The fourth-order valence-electron chi connectivity index (χ4n) is 1.52. The van der Waals surface area contributed by atoms with Crippen molar-refractivity contribution < 1.29 is 14.4 Å². The topological polar surface area (TPSA) is 92.5 Å². The highest BCUT2D eigenvalue weighted by Crippen LogP contribution is 2.01. The molecule has 0 radical (unpaired) electrons. The van der Waals surface area contributed by atoms with Crippen molar-refractivity contribution in [1.82, 2.24) is 10.2 Å². The molecule has 1 atom stereocenters. The molecule has 6 heteroatoms. The van der Waals surface area contributed by atoms with Crippen molar-refractivity contribution in [2.24, 2.45) is 5.73 Å². The molecule has 0 spiro atoms. The summed E-state index contributed by atoms with van der Waals surface area (Å²) in [4.78, 5) is 34.9. The number of nitrogens with zero attached hydrogens (tertiary/aromatic N) is 1. The van der Waals surface area contributed by atoms with Crippen LogP contribution in [0, 0.1) is 0 Å². The van der Waals surface area contributed by atoms with Crippen LogP contribution in [0.1, 0.15) is 19.8 Å². The lowest BCUT2D eigenvalue weighted by molar-refractivity contribution is -0.137. The van der Waals surface area contributed by atoms with E-state index in [0.717, 1.165) is 11.3 Å². The average molecular weight is 239 g/mol. The molecule has 0 aromatic heterocycles. The third kappa shape index (κ3) is 3.67. The van der Waals surface area contributed by atoms with Crippen LogP contribution in [0.15, 0.2) is 12.2 Å². The fraction of sp³-hybridized carbons (Fsp3) is 0.545. The number of hydrogen-bond acceptors (Lipinski definition) is 4. The van der Waals surface area contributed by atoms with E-state index in [1.165, 1.54) is 12.2 Å². The van der Waals surface area contributed by atoms with Gasteiger partial charge in [0.05, 0.1) is 6.04 Å². The zero-order valence-corrected chi connectivity index (χ0v) is 9.81. The van der Waals surface area contributed by atoms with Gasteiger partial charge in [0.1, 0.15) is 0 Å². The van der Waals surface area contributed by atoms with E-state index >= 15 is 0 Å². The van der Waals surface area contributed by atoms with Crippen LogP contribution >= 0.6 is 0 Å². The van der Waals surface area contributed by atoms with E-state index in [0.29, 0.717) is 6.42 Å². The molecule has 3 N–H and O–H groups in total. The van der Waals surface area contributed by atoms with Crippen molar-refractivity contribution in [3.05, 3.63) is 12.2 Å². The van der Waals surface area contributed by atoms with E-state index < -0.39 is 6.04 Å².